The van der Waals surface area contributed by atoms with Gasteiger partial charge in [-0.1, -0.05) is 18.2 Å². The number of nitrogens with zero attached hydrogens (tertiary/aromatic N) is 2. The van der Waals surface area contributed by atoms with Crippen molar-refractivity contribution in [1.29, 1.82) is 0 Å². The van der Waals surface area contributed by atoms with Crippen LogP contribution >= 0.6 is 24.0 Å². The Kier molecular flexibility index (Phi) is 11.7. The van der Waals surface area contributed by atoms with E-state index in [1.165, 1.54) is 6.07 Å². The Bertz CT molecular complexity index is 626. The van der Waals surface area contributed by atoms with Crippen LogP contribution in [0.1, 0.15) is 19.4 Å². The van der Waals surface area contributed by atoms with E-state index in [0.29, 0.717) is 30.7 Å². The molecule has 0 saturated carbocycles. The molecule has 0 aromatic heterocycles. The third-order valence-corrected chi connectivity index (χ3v) is 4.35. The molecule has 1 saturated heterocycles. The van der Waals surface area contributed by atoms with Gasteiger partial charge in [-0.25, -0.2) is 4.99 Å². The van der Waals surface area contributed by atoms with Gasteiger partial charge in [-0.2, -0.15) is 13.2 Å². The minimum Gasteiger partial charge on any atom is -0.484 e. The fourth-order valence-electron chi connectivity index (χ4n) is 2.83. The van der Waals surface area contributed by atoms with Crippen LogP contribution in [0, 0.1) is 0 Å². The van der Waals surface area contributed by atoms with Gasteiger partial charge in [-0.3, -0.25) is 4.90 Å². The van der Waals surface area contributed by atoms with E-state index < -0.39 is 12.8 Å². The number of para-hydroxylation sites is 1. The largest absolute Gasteiger partial charge is 0.484 e. The number of aliphatic imine (C=N–C) groups is 1. The molecule has 0 aliphatic carbocycles. The summed E-state index contributed by atoms with van der Waals surface area (Å²) in [5.74, 6) is 0.814. The van der Waals surface area contributed by atoms with Crippen LogP contribution in [-0.4, -0.2) is 69.1 Å². The SMILES string of the molecule is CCNC(=NCc1ccccc1OCC(F)(F)F)NCC(C)N1CCOCC1.I. The summed E-state index contributed by atoms with van der Waals surface area (Å²) in [4.78, 5) is 6.84. The molecule has 10 heteroatoms. The third-order valence-electron chi connectivity index (χ3n) is 4.35. The first-order valence-corrected chi connectivity index (χ1v) is 9.50. The average molecular weight is 530 g/mol. The molecule has 1 aromatic carbocycles. The van der Waals surface area contributed by atoms with E-state index >= 15 is 0 Å². The highest BCUT2D eigenvalue weighted by molar-refractivity contribution is 14.0. The van der Waals surface area contributed by atoms with Crippen LogP contribution < -0.4 is 15.4 Å². The maximum atomic E-state index is 12.4. The Labute approximate surface area is 187 Å². The van der Waals surface area contributed by atoms with Crippen molar-refractivity contribution in [2.45, 2.75) is 32.6 Å². The van der Waals surface area contributed by atoms with Gasteiger partial charge >= 0.3 is 6.18 Å². The predicted octanol–water partition coefficient (Wildman–Crippen LogP) is 3.02. The summed E-state index contributed by atoms with van der Waals surface area (Å²) < 4.78 is 47.6. The maximum Gasteiger partial charge on any atom is 0.422 e. The Morgan fingerprint density at radius 2 is 1.93 bits per heavy atom. The topological polar surface area (TPSA) is 58.1 Å². The number of alkyl halides is 3. The second-order valence-electron chi connectivity index (χ2n) is 6.59. The van der Waals surface area contributed by atoms with E-state index in [1.807, 2.05) is 6.92 Å². The van der Waals surface area contributed by atoms with Crippen molar-refractivity contribution in [2.24, 2.45) is 4.99 Å². The molecule has 1 unspecified atom stereocenters. The predicted molar refractivity (Wildman–Crippen MR) is 118 cm³/mol. The van der Waals surface area contributed by atoms with Crippen molar-refractivity contribution in [3.63, 3.8) is 0 Å². The number of hydrogen-bond donors (Lipinski definition) is 2. The van der Waals surface area contributed by atoms with E-state index in [2.05, 4.69) is 27.4 Å². The van der Waals surface area contributed by atoms with E-state index in [1.54, 1.807) is 18.2 Å². The van der Waals surface area contributed by atoms with Crippen molar-refractivity contribution < 1.29 is 22.6 Å². The van der Waals surface area contributed by atoms with Crippen molar-refractivity contribution in [3.8, 4) is 5.75 Å². The van der Waals surface area contributed by atoms with Crippen LogP contribution in [0.15, 0.2) is 29.3 Å². The fraction of sp³-hybridized carbons (Fsp3) is 0.632. The van der Waals surface area contributed by atoms with Gasteiger partial charge in [0.25, 0.3) is 0 Å². The molecule has 0 spiro atoms. The number of nitrogens with one attached hydrogen (secondary N) is 2. The number of benzene rings is 1. The summed E-state index contributed by atoms with van der Waals surface area (Å²) >= 11 is 0. The molecule has 166 valence electrons. The molecule has 1 heterocycles. The van der Waals surface area contributed by atoms with Crippen molar-refractivity contribution in [2.75, 3.05) is 46.0 Å². The summed E-state index contributed by atoms with van der Waals surface area (Å²) in [5, 5.41) is 6.46. The minimum atomic E-state index is -4.37. The monoisotopic (exact) mass is 530 g/mol. The second kappa shape index (κ2) is 13.1. The first kappa shape index (κ1) is 25.8. The van der Waals surface area contributed by atoms with Crippen LogP contribution in [0.25, 0.3) is 0 Å². The van der Waals surface area contributed by atoms with Crippen LogP contribution in [-0.2, 0) is 11.3 Å². The summed E-state index contributed by atoms with van der Waals surface area (Å²) in [6.07, 6.45) is -4.37. The summed E-state index contributed by atoms with van der Waals surface area (Å²) in [6.45, 7) is 7.69. The molecule has 0 radical (unpaired) electrons. The maximum absolute atomic E-state index is 12.4. The first-order chi connectivity index (χ1) is 13.4. The van der Waals surface area contributed by atoms with Crippen LogP contribution in [0.3, 0.4) is 0 Å². The lowest BCUT2D eigenvalue weighted by molar-refractivity contribution is -0.153. The number of halogens is 4. The molecule has 6 nitrogen and oxygen atoms in total. The Hall–Kier alpha value is -1.27. The number of hydrogen-bond acceptors (Lipinski definition) is 4. The quantitative estimate of drug-likeness (QED) is 0.308. The van der Waals surface area contributed by atoms with Gasteiger partial charge in [0.2, 0.25) is 0 Å². The zero-order chi connectivity index (χ0) is 20.4. The van der Waals surface area contributed by atoms with Gasteiger partial charge in [-0.05, 0) is 19.9 Å². The molecule has 1 fully saturated rings. The van der Waals surface area contributed by atoms with Crippen molar-refractivity contribution in [3.05, 3.63) is 29.8 Å². The molecule has 2 rings (SSSR count). The molecule has 1 aliphatic heterocycles. The molecule has 1 aliphatic rings. The number of guanidine groups is 1. The molecule has 29 heavy (non-hydrogen) atoms. The molecular formula is C19H30F3IN4O2. The van der Waals surface area contributed by atoms with Gasteiger partial charge in [0.1, 0.15) is 5.75 Å². The number of ether oxygens (including phenoxy) is 2. The lowest BCUT2D eigenvalue weighted by atomic mass is 10.2. The summed E-state index contributed by atoms with van der Waals surface area (Å²) in [6, 6.07) is 6.96. The Morgan fingerprint density at radius 3 is 2.59 bits per heavy atom. The number of morpholine rings is 1. The zero-order valence-electron chi connectivity index (χ0n) is 16.8. The van der Waals surface area contributed by atoms with E-state index in [-0.39, 0.29) is 36.3 Å². The highest BCUT2D eigenvalue weighted by Crippen LogP contribution is 2.22. The first-order valence-electron chi connectivity index (χ1n) is 9.50. The van der Waals surface area contributed by atoms with Crippen molar-refractivity contribution in [1.82, 2.24) is 15.5 Å². The summed E-state index contributed by atoms with van der Waals surface area (Å²) in [7, 11) is 0. The van der Waals surface area contributed by atoms with Crippen LogP contribution in [0.5, 0.6) is 5.75 Å². The number of rotatable bonds is 8. The van der Waals surface area contributed by atoms with Gasteiger partial charge < -0.3 is 20.1 Å². The molecule has 0 bridgehead atoms. The highest BCUT2D eigenvalue weighted by Gasteiger charge is 2.28. The zero-order valence-corrected chi connectivity index (χ0v) is 19.1. The van der Waals surface area contributed by atoms with Gasteiger partial charge in [0, 0.05) is 37.8 Å². The Balaban J connectivity index is 0.00000420. The Morgan fingerprint density at radius 1 is 1.24 bits per heavy atom. The lowest BCUT2D eigenvalue weighted by Gasteiger charge is -2.32. The third kappa shape index (κ3) is 9.85. The molecule has 0 amide bonds. The van der Waals surface area contributed by atoms with E-state index in [9.17, 15) is 13.2 Å². The molecule has 1 atom stereocenters. The molecule has 1 aromatic rings. The lowest BCUT2D eigenvalue weighted by Crippen LogP contribution is -2.49. The smallest absolute Gasteiger partial charge is 0.422 e. The molecule has 2 N–H and O–H groups in total. The van der Waals surface area contributed by atoms with Crippen molar-refractivity contribution >= 4 is 29.9 Å². The second-order valence-corrected chi connectivity index (χ2v) is 6.59. The summed E-state index contributed by atoms with van der Waals surface area (Å²) in [5.41, 5.74) is 0.602. The van der Waals surface area contributed by atoms with Gasteiger partial charge in [-0.15, -0.1) is 24.0 Å². The normalized spacial score (nSPS) is 16.7. The van der Waals surface area contributed by atoms with E-state index in [4.69, 9.17) is 9.47 Å². The fourth-order valence-corrected chi connectivity index (χ4v) is 2.83. The van der Waals surface area contributed by atoms with Gasteiger partial charge in [0.05, 0.1) is 19.8 Å². The van der Waals surface area contributed by atoms with E-state index in [0.717, 1.165) is 26.3 Å². The minimum absolute atomic E-state index is 0. The molecular weight excluding hydrogens is 500 g/mol. The highest BCUT2D eigenvalue weighted by atomic mass is 127. The standard InChI is InChI=1S/C19H29F3N4O2.HI/c1-3-23-18(24-12-15(2)26-8-10-27-11-9-26)25-13-16-6-4-5-7-17(16)28-14-19(20,21)22;/h4-7,15H,3,8-14H2,1-2H3,(H2,23,24,25);1H. The van der Waals surface area contributed by atoms with Crippen LogP contribution in [0.2, 0.25) is 0 Å². The van der Waals surface area contributed by atoms with Crippen LogP contribution in [0.4, 0.5) is 13.2 Å². The van der Waals surface area contributed by atoms with Gasteiger partial charge in [0.15, 0.2) is 12.6 Å². The average Bonchev–Trinajstić information content (AvgIpc) is 2.69.